The van der Waals surface area contributed by atoms with E-state index >= 15 is 0 Å². The molecule has 2 aromatic rings. The van der Waals surface area contributed by atoms with E-state index in [0.29, 0.717) is 23.9 Å². The van der Waals surface area contributed by atoms with Gasteiger partial charge in [0.2, 0.25) is 0 Å². The highest BCUT2D eigenvalue weighted by molar-refractivity contribution is 7.92. The van der Waals surface area contributed by atoms with E-state index < -0.39 is 10.0 Å². The van der Waals surface area contributed by atoms with Gasteiger partial charge >= 0.3 is 0 Å². The van der Waals surface area contributed by atoms with Gasteiger partial charge in [-0.15, -0.1) is 0 Å². The molecule has 0 unspecified atom stereocenters. The predicted octanol–water partition coefficient (Wildman–Crippen LogP) is 3.12. The second-order valence-corrected chi connectivity index (χ2v) is 7.63. The number of benzene rings is 1. The number of hydrogen-bond donors (Lipinski definition) is 2. The van der Waals surface area contributed by atoms with Gasteiger partial charge in [-0.1, -0.05) is 0 Å². The third-order valence-corrected chi connectivity index (χ3v) is 4.75. The Morgan fingerprint density at radius 1 is 1.12 bits per heavy atom. The molecule has 0 saturated carbocycles. The summed E-state index contributed by atoms with van der Waals surface area (Å²) in [6, 6.07) is 9.70. The maximum absolute atomic E-state index is 12.5. The molecule has 0 amide bonds. The van der Waals surface area contributed by atoms with Gasteiger partial charge < -0.3 is 14.8 Å². The summed E-state index contributed by atoms with van der Waals surface area (Å²) in [5.74, 6) is 1.31. The molecule has 0 aliphatic heterocycles. The molecule has 2 rings (SSSR count). The van der Waals surface area contributed by atoms with Gasteiger partial charge in [-0.3, -0.25) is 4.72 Å². The van der Waals surface area contributed by atoms with Crippen LogP contribution in [0, 0.1) is 0 Å². The fourth-order valence-electron chi connectivity index (χ4n) is 2.18. The summed E-state index contributed by atoms with van der Waals surface area (Å²) in [6.45, 7) is 5.23. The number of pyridine rings is 1. The normalized spacial score (nSPS) is 11.4. The van der Waals surface area contributed by atoms with Crippen LogP contribution in [0.15, 0.2) is 47.5 Å². The zero-order valence-corrected chi connectivity index (χ0v) is 16.0. The van der Waals surface area contributed by atoms with Crippen LogP contribution in [0.5, 0.6) is 5.75 Å². The van der Waals surface area contributed by atoms with Crippen LogP contribution in [0.2, 0.25) is 0 Å². The second-order valence-electron chi connectivity index (χ2n) is 5.95. The molecule has 1 aromatic carbocycles. The van der Waals surface area contributed by atoms with Crippen LogP contribution in [-0.2, 0) is 14.8 Å². The summed E-state index contributed by atoms with van der Waals surface area (Å²) in [6.07, 6.45) is 2.37. The summed E-state index contributed by atoms with van der Waals surface area (Å²) in [4.78, 5) is 4.36. The number of ether oxygens (including phenoxy) is 2. The van der Waals surface area contributed by atoms with E-state index in [2.05, 4.69) is 15.0 Å². The predicted molar refractivity (Wildman–Crippen MR) is 102 cm³/mol. The minimum absolute atomic E-state index is 0.0308. The molecule has 142 valence electrons. The maximum atomic E-state index is 12.5. The monoisotopic (exact) mass is 379 g/mol. The number of sulfonamides is 1. The highest BCUT2D eigenvalue weighted by Crippen LogP contribution is 2.20. The summed E-state index contributed by atoms with van der Waals surface area (Å²) in [7, 11) is -2.02. The molecule has 1 heterocycles. The fourth-order valence-corrected chi connectivity index (χ4v) is 3.22. The van der Waals surface area contributed by atoms with Gasteiger partial charge in [0, 0.05) is 20.3 Å². The molecule has 0 aliphatic rings. The Kier molecular flexibility index (Phi) is 7.23. The Bertz CT molecular complexity index is 775. The van der Waals surface area contributed by atoms with Crippen molar-refractivity contribution in [1.29, 1.82) is 0 Å². The highest BCUT2D eigenvalue weighted by Gasteiger charge is 2.14. The van der Waals surface area contributed by atoms with E-state index in [-0.39, 0.29) is 11.0 Å². The molecule has 7 nitrogen and oxygen atoms in total. The van der Waals surface area contributed by atoms with E-state index in [1.54, 1.807) is 31.4 Å². The van der Waals surface area contributed by atoms with E-state index in [9.17, 15) is 8.42 Å². The quantitative estimate of drug-likeness (QED) is 0.617. The first-order valence-electron chi connectivity index (χ1n) is 8.39. The Labute approximate surface area is 154 Å². The van der Waals surface area contributed by atoms with Gasteiger partial charge in [0.05, 0.1) is 22.9 Å². The Morgan fingerprint density at radius 3 is 2.42 bits per heavy atom. The zero-order valence-electron chi connectivity index (χ0n) is 15.2. The van der Waals surface area contributed by atoms with Gasteiger partial charge in [0.25, 0.3) is 10.0 Å². The van der Waals surface area contributed by atoms with E-state index in [1.807, 2.05) is 13.8 Å². The molecule has 1 aromatic heterocycles. The van der Waals surface area contributed by atoms with Gasteiger partial charge in [0.15, 0.2) is 0 Å². The van der Waals surface area contributed by atoms with Gasteiger partial charge in [-0.2, -0.15) is 0 Å². The molecular formula is C18H25N3O4S. The average Bonchev–Trinajstić information content (AvgIpc) is 2.60. The molecule has 26 heavy (non-hydrogen) atoms. The topological polar surface area (TPSA) is 89.6 Å². The molecule has 0 radical (unpaired) electrons. The van der Waals surface area contributed by atoms with Crippen LogP contribution < -0.4 is 14.8 Å². The minimum atomic E-state index is -3.68. The standard InChI is InChI=1S/C18H25N3O4S/c1-14(2)25-16-6-8-17(9-7-16)26(22,23)21-15-5-10-18(20-13-15)19-11-4-12-24-3/h5-10,13-14,21H,4,11-12H2,1-3H3,(H,19,20). The zero-order chi connectivity index (χ0) is 19.0. The minimum Gasteiger partial charge on any atom is -0.491 e. The first-order chi connectivity index (χ1) is 12.4. The van der Waals surface area contributed by atoms with Gasteiger partial charge in [0.1, 0.15) is 11.6 Å². The lowest BCUT2D eigenvalue weighted by Gasteiger charge is -2.11. The number of nitrogens with one attached hydrogen (secondary N) is 2. The SMILES string of the molecule is COCCCNc1ccc(NS(=O)(=O)c2ccc(OC(C)C)cc2)cn1. The molecule has 0 saturated heterocycles. The third-order valence-electron chi connectivity index (χ3n) is 3.35. The van der Waals surface area contributed by atoms with Crippen molar-refractivity contribution in [2.24, 2.45) is 0 Å². The lowest BCUT2D eigenvalue weighted by molar-refractivity contribution is 0.198. The molecule has 0 atom stereocenters. The van der Waals surface area contributed by atoms with E-state index in [4.69, 9.17) is 9.47 Å². The number of rotatable bonds is 10. The molecular weight excluding hydrogens is 354 g/mol. The first-order valence-corrected chi connectivity index (χ1v) is 9.87. The summed E-state index contributed by atoms with van der Waals surface area (Å²) in [5, 5.41) is 3.14. The largest absolute Gasteiger partial charge is 0.491 e. The third kappa shape index (κ3) is 6.20. The molecule has 8 heteroatoms. The van der Waals surface area contributed by atoms with Crippen LogP contribution in [0.4, 0.5) is 11.5 Å². The smallest absolute Gasteiger partial charge is 0.261 e. The molecule has 0 fully saturated rings. The number of anilines is 2. The highest BCUT2D eigenvalue weighted by atomic mass is 32.2. The van der Waals surface area contributed by atoms with Crippen molar-refractivity contribution in [3.63, 3.8) is 0 Å². The maximum Gasteiger partial charge on any atom is 0.261 e. The van der Waals surface area contributed by atoms with Crippen LogP contribution in [0.1, 0.15) is 20.3 Å². The van der Waals surface area contributed by atoms with Gasteiger partial charge in [-0.05, 0) is 56.7 Å². The van der Waals surface area contributed by atoms with Gasteiger partial charge in [-0.25, -0.2) is 13.4 Å². The Balaban J connectivity index is 1.97. The fraction of sp³-hybridized carbons (Fsp3) is 0.389. The lowest BCUT2D eigenvalue weighted by atomic mass is 10.3. The van der Waals surface area contributed by atoms with Crippen LogP contribution in [0.3, 0.4) is 0 Å². The van der Waals surface area contributed by atoms with Crippen LogP contribution in [0.25, 0.3) is 0 Å². The van der Waals surface area contributed by atoms with E-state index in [1.165, 1.54) is 18.3 Å². The number of aromatic nitrogens is 1. The number of hydrogen-bond acceptors (Lipinski definition) is 6. The second kappa shape index (κ2) is 9.40. The first kappa shape index (κ1) is 20.0. The van der Waals surface area contributed by atoms with E-state index in [0.717, 1.165) is 13.0 Å². The molecule has 0 bridgehead atoms. The number of methoxy groups -OCH3 is 1. The van der Waals surface area contributed by atoms with Crippen molar-refractivity contribution < 1.29 is 17.9 Å². The average molecular weight is 379 g/mol. The lowest BCUT2D eigenvalue weighted by Crippen LogP contribution is -2.13. The van der Waals surface area contributed by atoms with Crippen molar-refractivity contribution in [2.45, 2.75) is 31.3 Å². The molecule has 2 N–H and O–H groups in total. The summed E-state index contributed by atoms with van der Waals surface area (Å²) < 4.78 is 37.9. The Morgan fingerprint density at radius 2 is 1.85 bits per heavy atom. The van der Waals surface area contributed by atoms with Crippen molar-refractivity contribution in [3.05, 3.63) is 42.6 Å². The van der Waals surface area contributed by atoms with Crippen molar-refractivity contribution >= 4 is 21.5 Å². The van der Waals surface area contributed by atoms with Crippen molar-refractivity contribution in [1.82, 2.24) is 4.98 Å². The van der Waals surface area contributed by atoms with Crippen LogP contribution in [-0.4, -0.2) is 39.8 Å². The number of nitrogens with zero attached hydrogens (tertiary/aromatic N) is 1. The van der Waals surface area contributed by atoms with Crippen molar-refractivity contribution in [2.75, 3.05) is 30.3 Å². The summed E-state index contributed by atoms with van der Waals surface area (Å²) >= 11 is 0. The van der Waals surface area contributed by atoms with Crippen LogP contribution >= 0.6 is 0 Å². The van der Waals surface area contributed by atoms with Crippen molar-refractivity contribution in [3.8, 4) is 5.75 Å². The molecule has 0 spiro atoms. The molecule has 0 aliphatic carbocycles. The summed E-state index contributed by atoms with van der Waals surface area (Å²) in [5.41, 5.74) is 0.398. The Hall–Kier alpha value is -2.32.